The van der Waals surface area contributed by atoms with Gasteiger partial charge in [-0.25, -0.2) is 0 Å². The van der Waals surface area contributed by atoms with E-state index >= 15 is 0 Å². The van der Waals surface area contributed by atoms with Gasteiger partial charge in [-0.05, 0) is 23.1 Å². The molecule has 0 amide bonds. The lowest BCUT2D eigenvalue weighted by atomic mass is 9.86. The van der Waals surface area contributed by atoms with Crippen LogP contribution in [0.15, 0.2) is 42.5 Å². The number of carbonyl (C=O) groups excluding carboxylic acids is 1. The van der Waals surface area contributed by atoms with Gasteiger partial charge in [-0.2, -0.15) is 0 Å². The molecular weight excluding hydrogens is 322 g/mol. The van der Waals surface area contributed by atoms with E-state index in [0.29, 0.717) is 11.3 Å². The SMILES string of the molecule is COc1ccc(OCC(=O)c2ccc(C(C)(C)C)cc2)c([N+](=O)[O-])c1. The second kappa shape index (κ2) is 7.34. The Labute approximate surface area is 146 Å². The van der Waals surface area contributed by atoms with Crippen LogP contribution in [0.1, 0.15) is 36.7 Å². The molecule has 0 radical (unpaired) electrons. The monoisotopic (exact) mass is 343 g/mol. The van der Waals surface area contributed by atoms with Gasteiger partial charge in [-0.3, -0.25) is 14.9 Å². The first-order valence-electron chi connectivity index (χ1n) is 7.81. The number of carbonyl (C=O) groups is 1. The number of rotatable bonds is 6. The fraction of sp³-hybridized carbons (Fsp3) is 0.316. The molecule has 0 saturated carbocycles. The highest BCUT2D eigenvalue weighted by atomic mass is 16.6. The summed E-state index contributed by atoms with van der Waals surface area (Å²) in [5.74, 6) is 0.138. The van der Waals surface area contributed by atoms with Crippen molar-refractivity contribution in [2.75, 3.05) is 13.7 Å². The van der Waals surface area contributed by atoms with Crippen molar-refractivity contribution in [3.63, 3.8) is 0 Å². The first-order valence-corrected chi connectivity index (χ1v) is 7.81. The zero-order valence-electron chi connectivity index (χ0n) is 14.7. The number of nitro groups is 1. The minimum Gasteiger partial charge on any atom is -0.496 e. The van der Waals surface area contributed by atoms with Gasteiger partial charge in [0.15, 0.2) is 18.1 Å². The van der Waals surface area contributed by atoms with Crippen LogP contribution in [0.5, 0.6) is 11.5 Å². The second-order valence-corrected chi connectivity index (χ2v) is 6.63. The smallest absolute Gasteiger partial charge is 0.314 e. The number of methoxy groups -OCH3 is 1. The number of benzene rings is 2. The lowest BCUT2D eigenvalue weighted by molar-refractivity contribution is -0.385. The zero-order chi connectivity index (χ0) is 18.6. The van der Waals surface area contributed by atoms with E-state index in [0.717, 1.165) is 5.56 Å². The molecule has 0 aliphatic rings. The Balaban J connectivity index is 2.11. The minimum absolute atomic E-state index is 0.00177. The van der Waals surface area contributed by atoms with Gasteiger partial charge in [0.1, 0.15) is 5.75 Å². The highest BCUT2D eigenvalue weighted by Crippen LogP contribution is 2.31. The molecule has 25 heavy (non-hydrogen) atoms. The topological polar surface area (TPSA) is 78.7 Å². The summed E-state index contributed by atoms with van der Waals surface area (Å²) >= 11 is 0. The summed E-state index contributed by atoms with van der Waals surface area (Å²) in [7, 11) is 1.42. The quantitative estimate of drug-likeness (QED) is 0.447. The number of ether oxygens (including phenoxy) is 2. The van der Waals surface area contributed by atoms with Crippen LogP contribution in [0.4, 0.5) is 5.69 Å². The van der Waals surface area contributed by atoms with Crippen LogP contribution in [-0.2, 0) is 5.41 Å². The van der Waals surface area contributed by atoms with E-state index in [1.54, 1.807) is 18.2 Å². The third kappa shape index (κ3) is 4.56. The van der Waals surface area contributed by atoms with E-state index in [1.165, 1.54) is 19.2 Å². The molecule has 0 atom stereocenters. The second-order valence-electron chi connectivity index (χ2n) is 6.63. The van der Waals surface area contributed by atoms with Crippen LogP contribution < -0.4 is 9.47 Å². The Kier molecular flexibility index (Phi) is 5.41. The van der Waals surface area contributed by atoms with Crippen LogP contribution in [-0.4, -0.2) is 24.4 Å². The highest BCUT2D eigenvalue weighted by molar-refractivity contribution is 5.97. The molecule has 0 unspecified atom stereocenters. The normalized spacial score (nSPS) is 11.0. The number of ketones is 1. The molecule has 0 bridgehead atoms. The van der Waals surface area contributed by atoms with E-state index in [2.05, 4.69) is 20.8 Å². The minimum atomic E-state index is -0.569. The summed E-state index contributed by atoms with van der Waals surface area (Å²) in [5, 5.41) is 11.1. The predicted molar refractivity (Wildman–Crippen MR) is 94.6 cm³/mol. The van der Waals surface area contributed by atoms with Crippen molar-refractivity contribution < 1.29 is 19.2 Å². The van der Waals surface area contributed by atoms with Crippen molar-refractivity contribution in [2.24, 2.45) is 0 Å². The molecule has 0 aliphatic carbocycles. The average molecular weight is 343 g/mol. The standard InChI is InChI=1S/C19H21NO5/c1-19(2,3)14-7-5-13(6-8-14)17(21)12-25-18-10-9-15(24-4)11-16(18)20(22)23/h5-11H,12H2,1-4H3. The number of nitrogens with zero attached hydrogens (tertiary/aromatic N) is 1. The molecule has 2 aromatic rings. The summed E-state index contributed by atoms with van der Waals surface area (Å²) in [4.78, 5) is 22.8. The lowest BCUT2D eigenvalue weighted by Crippen LogP contribution is -2.14. The van der Waals surface area contributed by atoms with Gasteiger partial charge in [-0.15, -0.1) is 0 Å². The van der Waals surface area contributed by atoms with Crippen LogP contribution in [0.25, 0.3) is 0 Å². The highest BCUT2D eigenvalue weighted by Gasteiger charge is 2.19. The Morgan fingerprint density at radius 2 is 1.76 bits per heavy atom. The molecule has 0 aromatic heterocycles. The Bertz CT molecular complexity index is 775. The molecule has 0 fully saturated rings. The van der Waals surface area contributed by atoms with E-state index in [-0.39, 0.29) is 29.2 Å². The van der Waals surface area contributed by atoms with E-state index in [4.69, 9.17) is 9.47 Å². The van der Waals surface area contributed by atoms with E-state index in [9.17, 15) is 14.9 Å². The van der Waals surface area contributed by atoms with Gasteiger partial charge in [0.05, 0.1) is 18.1 Å². The molecule has 2 rings (SSSR count). The van der Waals surface area contributed by atoms with Crippen LogP contribution in [0, 0.1) is 10.1 Å². The van der Waals surface area contributed by atoms with Crippen molar-refractivity contribution in [3.05, 3.63) is 63.7 Å². The molecule has 2 aromatic carbocycles. The summed E-state index contributed by atoms with van der Waals surface area (Å²) in [6.45, 7) is 6.00. The van der Waals surface area contributed by atoms with Crippen molar-refractivity contribution >= 4 is 11.5 Å². The zero-order valence-corrected chi connectivity index (χ0v) is 14.7. The predicted octanol–water partition coefficient (Wildman–Crippen LogP) is 4.16. The maximum absolute atomic E-state index is 12.3. The van der Waals surface area contributed by atoms with Crippen molar-refractivity contribution in [3.8, 4) is 11.5 Å². The number of hydrogen-bond donors (Lipinski definition) is 0. The van der Waals surface area contributed by atoms with Crippen molar-refractivity contribution in [2.45, 2.75) is 26.2 Å². The Hall–Kier alpha value is -2.89. The van der Waals surface area contributed by atoms with Gasteiger partial charge in [-0.1, -0.05) is 45.0 Å². The lowest BCUT2D eigenvalue weighted by Gasteiger charge is -2.19. The molecule has 0 spiro atoms. The van der Waals surface area contributed by atoms with Crippen molar-refractivity contribution in [1.29, 1.82) is 0 Å². The maximum Gasteiger partial charge on any atom is 0.314 e. The van der Waals surface area contributed by atoms with Gasteiger partial charge in [0, 0.05) is 5.56 Å². The third-order valence-electron chi connectivity index (χ3n) is 3.79. The third-order valence-corrected chi connectivity index (χ3v) is 3.79. The van der Waals surface area contributed by atoms with Gasteiger partial charge >= 0.3 is 5.69 Å². The molecule has 0 N–H and O–H groups in total. The van der Waals surface area contributed by atoms with E-state index < -0.39 is 4.92 Å². The largest absolute Gasteiger partial charge is 0.496 e. The molecule has 6 nitrogen and oxygen atoms in total. The van der Waals surface area contributed by atoms with Gasteiger partial charge < -0.3 is 9.47 Å². The number of nitro benzene ring substituents is 1. The molecular formula is C19H21NO5. The Morgan fingerprint density at radius 3 is 2.28 bits per heavy atom. The summed E-state index contributed by atoms with van der Waals surface area (Å²) in [5.41, 5.74) is 1.39. The van der Waals surface area contributed by atoms with Crippen molar-refractivity contribution in [1.82, 2.24) is 0 Å². The Morgan fingerprint density at radius 1 is 1.12 bits per heavy atom. The van der Waals surface area contributed by atoms with E-state index in [1.807, 2.05) is 12.1 Å². The van der Waals surface area contributed by atoms with Gasteiger partial charge in [0.25, 0.3) is 0 Å². The molecule has 0 saturated heterocycles. The first kappa shape index (κ1) is 18.4. The maximum atomic E-state index is 12.3. The van der Waals surface area contributed by atoms with Crippen LogP contribution in [0.3, 0.4) is 0 Å². The number of Topliss-reactive ketones (excluding diaryl/α,β-unsaturated/α-hetero) is 1. The van der Waals surface area contributed by atoms with Crippen LogP contribution in [0.2, 0.25) is 0 Å². The summed E-state index contributed by atoms with van der Waals surface area (Å²) < 4.78 is 10.3. The summed E-state index contributed by atoms with van der Waals surface area (Å²) in [6.07, 6.45) is 0. The van der Waals surface area contributed by atoms with Crippen LogP contribution >= 0.6 is 0 Å². The fourth-order valence-corrected chi connectivity index (χ4v) is 2.27. The molecule has 132 valence electrons. The molecule has 0 aliphatic heterocycles. The summed E-state index contributed by atoms with van der Waals surface area (Å²) in [6, 6.07) is 11.5. The van der Waals surface area contributed by atoms with Gasteiger partial charge in [0.2, 0.25) is 0 Å². The first-order chi connectivity index (χ1) is 11.7. The molecule has 6 heteroatoms. The average Bonchev–Trinajstić information content (AvgIpc) is 2.58. The fourth-order valence-electron chi connectivity index (χ4n) is 2.27. The number of hydrogen-bond acceptors (Lipinski definition) is 5. The molecule has 0 heterocycles.